The van der Waals surface area contributed by atoms with Gasteiger partial charge in [-0.25, -0.2) is 14.7 Å². The first-order valence-corrected chi connectivity index (χ1v) is 6.79. The summed E-state index contributed by atoms with van der Waals surface area (Å²) < 4.78 is 4.45. The van der Waals surface area contributed by atoms with Gasteiger partial charge in [0.25, 0.3) is 41.6 Å². The largest absolute Gasteiger partial charge is 0.488 e. The summed E-state index contributed by atoms with van der Waals surface area (Å²) in [4.78, 5) is 84.0. The van der Waals surface area contributed by atoms with Crippen molar-refractivity contribution < 1.29 is 43.4 Å². The van der Waals surface area contributed by atoms with Gasteiger partial charge in [0, 0.05) is 36.5 Å². The third kappa shape index (κ3) is 2.12. The van der Waals surface area contributed by atoms with E-state index in [1.807, 2.05) is 0 Å². The Morgan fingerprint density at radius 2 is 0.885 bits per heavy atom. The fourth-order valence-corrected chi connectivity index (χ4v) is 2.61. The highest BCUT2D eigenvalue weighted by molar-refractivity contribution is 6.20. The number of nitrogens with zero attached hydrogens (tertiary/aromatic N) is 3. The molecule has 0 aliphatic carbocycles. The molecule has 0 aromatic rings. The summed E-state index contributed by atoms with van der Waals surface area (Å²) in [5, 5.41) is 11.2. The minimum atomic E-state index is -3.36. The standard InChI is InChI=1S/C14H7N3O9/c18-7-1-2-8(19)15(7)14(26-13(24)25,16-9(20)3-4-10(16)21)17-11(22)5-6-12(17)23/h1-6H,(H,24,25)/p-1. The number of amides is 6. The molecular weight excluding hydrogens is 354 g/mol. The maximum absolute atomic E-state index is 12.1. The zero-order chi connectivity index (χ0) is 19.2. The lowest BCUT2D eigenvalue weighted by Crippen LogP contribution is -2.76. The molecule has 12 heteroatoms. The van der Waals surface area contributed by atoms with Crippen LogP contribution in [0.25, 0.3) is 0 Å². The van der Waals surface area contributed by atoms with Gasteiger partial charge >= 0.3 is 5.97 Å². The van der Waals surface area contributed by atoms with Crippen LogP contribution in [0.3, 0.4) is 0 Å². The SMILES string of the molecule is O=C([O-])OC(N1C(=O)C=CC1=O)(N1C(=O)C=CC1=O)N1C(=O)C=CC1=O. The number of hydrogen-bond donors (Lipinski definition) is 0. The first kappa shape index (κ1) is 16.8. The first-order valence-electron chi connectivity index (χ1n) is 6.79. The Kier molecular flexibility index (Phi) is 3.53. The van der Waals surface area contributed by atoms with E-state index in [1.165, 1.54) is 0 Å². The number of carboxylic acid groups (broad SMARTS) is 1. The third-order valence-electron chi connectivity index (χ3n) is 3.52. The van der Waals surface area contributed by atoms with Crippen molar-refractivity contribution in [3.05, 3.63) is 36.5 Å². The van der Waals surface area contributed by atoms with Crippen molar-refractivity contribution in [1.29, 1.82) is 0 Å². The van der Waals surface area contributed by atoms with Gasteiger partial charge in [-0.15, -0.1) is 0 Å². The average molecular weight is 360 g/mol. The van der Waals surface area contributed by atoms with E-state index < -0.39 is 47.6 Å². The summed E-state index contributed by atoms with van der Waals surface area (Å²) in [7, 11) is 0. The fraction of sp³-hybridized carbons (Fsp3) is 0.0714. The molecule has 6 amide bonds. The number of ether oxygens (including phenoxy) is 1. The Morgan fingerprint density at radius 1 is 0.654 bits per heavy atom. The minimum absolute atomic E-state index is 0.0194. The predicted molar refractivity (Wildman–Crippen MR) is 72.2 cm³/mol. The zero-order valence-electron chi connectivity index (χ0n) is 12.5. The van der Waals surface area contributed by atoms with Crippen molar-refractivity contribution >= 4 is 41.6 Å². The van der Waals surface area contributed by atoms with Crippen molar-refractivity contribution in [2.45, 2.75) is 5.97 Å². The Hall–Kier alpha value is -4.09. The van der Waals surface area contributed by atoms with Crippen molar-refractivity contribution in [3.63, 3.8) is 0 Å². The number of imide groups is 3. The molecule has 3 aliphatic rings. The van der Waals surface area contributed by atoms with Gasteiger partial charge in [0.15, 0.2) is 0 Å². The van der Waals surface area contributed by atoms with Crippen molar-refractivity contribution in [2.75, 3.05) is 0 Å². The Bertz CT molecular complexity index is 741. The Balaban J connectivity index is 2.30. The van der Waals surface area contributed by atoms with E-state index in [0.29, 0.717) is 36.5 Å². The molecule has 26 heavy (non-hydrogen) atoms. The average Bonchev–Trinajstić information content (AvgIpc) is 3.17. The lowest BCUT2D eigenvalue weighted by molar-refractivity contribution is -0.332. The highest BCUT2D eigenvalue weighted by Gasteiger charge is 2.61. The topological polar surface area (TPSA) is 162 Å². The van der Waals surface area contributed by atoms with E-state index in [1.54, 1.807) is 0 Å². The monoisotopic (exact) mass is 360 g/mol. The van der Waals surface area contributed by atoms with E-state index in [0.717, 1.165) is 0 Å². The Morgan fingerprint density at radius 3 is 1.08 bits per heavy atom. The van der Waals surface area contributed by atoms with E-state index in [-0.39, 0.29) is 14.7 Å². The summed E-state index contributed by atoms with van der Waals surface area (Å²) in [6, 6.07) is 0. The van der Waals surface area contributed by atoms with Gasteiger partial charge in [-0.3, -0.25) is 28.8 Å². The summed E-state index contributed by atoms with van der Waals surface area (Å²) in [6.07, 6.45) is 1.62. The maximum atomic E-state index is 12.1. The molecule has 3 aliphatic heterocycles. The van der Waals surface area contributed by atoms with Crippen molar-refractivity contribution in [3.8, 4) is 0 Å². The molecule has 0 atom stereocenters. The molecule has 0 spiro atoms. The Labute approximate surface area is 143 Å². The smallest absolute Gasteiger partial charge is 0.320 e. The van der Waals surface area contributed by atoms with E-state index in [2.05, 4.69) is 4.74 Å². The predicted octanol–water partition coefficient (Wildman–Crippen LogP) is -3.27. The van der Waals surface area contributed by atoms with Gasteiger partial charge in [0.1, 0.15) is 0 Å². The molecule has 3 heterocycles. The molecule has 0 aromatic heterocycles. The molecule has 0 unspecified atom stereocenters. The van der Waals surface area contributed by atoms with Crippen LogP contribution in [-0.4, -0.2) is 62.3 Å². The highest BCUT2D eigenvalue weighted by Crippen LogP contribution is 2.34. The van der Waals surface area contributed by atoms with Gasteiger partial charge in [-0.2, -0.15) is 0 Å². The second kappa shape index (κ2) is 5.47. The molecule has 12 nitrogen and oxygen atoms in total. The summed E-state index contributed by atoms with van der Waals surface area (Å²) in [5.41, 5.74) is 0. The summed E-state index contributed by atoms with van der Waals surface area (Å²) in [6.45, 7) is 0. The van der Waals surface area contributed by atoms with Crippen molar-refractivity contribution in [2.24, 2.45) is 0 Å². The summed E-state index contributed by atoms with van der Waals surface area (Å²) in [5.74, 6) is -10.8. The number of hydrogen-bond acceptors (Lipinski definition) is 9. The number of carbonyl (C=O) groups excluding carboxylic acids is 7. The zero-order valence-corrected chi connectivity index (χ0v) is 12.5. The molecule has 0 saturated heterocycles. The maximum Gasteiger partial charge on any atom is 0.320 e. The lowest BCUT2D eigenvalue weighted by Gasteiger charge is -2.50. The molecule has 0 aromatic carbocycles. The van der Waals surface area contributed by atoms with Crippen LogP contribution >= 0.6 is 0 Å². The third-order valence-corrected chi connectivity index (χ3v) is 3.52. The molecular formula is C14H6N3O9-. The van der Waals surface area contributed by atoms with Gasteiger partial charge in [0.05, 0.1) is 0 Å². The van der Waals surface area contributed by atoms with Crippen LogP contribution < -0.4 is 5.11 Å². The minimum Gasteiger partial charge on any atom is -0.488 e. The number of carbonyl (C=O) groups is 7. The second-order valence-corrected chi connectivity index (χ2v) is 4.96. The molecule has 3 rings (SSSR count). The number of rotatable bonds is 4. The molecule has 0 bridgehead atoms. The normalized spacial score (nSPS) is 19.6. The van der Waals surface area contributed by atoms with E-state index >= 15 is 0 Å². The second-order valence-electron chi connectivity index (χ2n) is 4.96. The van der Waals surface area contributed by atoms with Crippen molar-refractivity contribution in [1.82, 2.24) is 14.7 Å². The highest BCUT2D eigenvalue weighted by atomic mass is 16.7. The molecule has 0 N–H and O–H groups in total. The van der Waals surface area contributed by atoms with Crippen LogP contribution in [0.2, 0.25) is 0 Å². The molecule has 0 radical (unpaired) electrons. The van der Waals surface area contributed by atoms with Crippen LogP contribution in [0.15, 0.2) is 36.5 Å². The summed E-state index contributed by atoms with van der Waals surface area (Å²) >= 11 is 0. The quantitative estimate of drug-likeness (QED) is 0.370. The molecule has 0 fully saturated rings. The van der Waals surface area contributed by atoms with Gasteiger partial charge in [0.2, 0.25) is 0 Å². The molecule has 132 valence electrons. The molecule has 0 saturated carbocycles. The van der Waals surface area contributed by atoms with Crippen LogP contribution in [0, 0.1) is 0 Å². The van der Waals surface area contributed by atoms with Gasteiger partial charge < -0.3 is 14.6 Å². The van der Waals surface area contributed by atoms with Gasteiger partial charge in [-0.05, 0) is 0 Å². The van der Waals surface area contributed by atoms with Crippen LogP contribution in [0.4, 0.5) is 4.79 Å². The fourth-order valence-electron chi connectivity index (χ4n) is 2.61. The van der Waals surface area contributed by atoms with Crippen LogP contribution in [0.5, 0.6) is 0 Å². The first-order chi connectivity index (χ1) is 12.2. The van der Waals surface area contributed by atoms with Crippen LogP contribution in [-0.2, 0) is 33.5 Å². The van der Waals surface area contributed by atoms with E-state index in [9.17, 15) is 38.7 Å². The lowest BCUT2D eigenvalue weighted by atomic mass is 10.3. The van der Waals surface area contributed by atoms with Gasteiger partial charge in [-0.1, -0.05) is 0 Å². The van der Waals surface area contributed by atoms with E-state index in [4.69, 9.17) is 0 Å². The van der Waals surface area contributed by atoms with Crippen LogP contribution in [0.1, 0.15) is 0 Å².